The van der Waals surface area contributed by atoms with Gasteiger partial charge in [-0.3, -0.25) is 14.3 Å². The zero-order valence-corrected chi connectivity index (χ0v) is 15.3. The molecule has 1 atom stereocenters. The SMILES string of the molecule is Cn1c(N2CCOC[C@@H]2Cc2ccccc2)nc(-c2ccncc2)cc1=O. The van der Waals surface area contributed by atoms with Crippen LogP contribution in [0.4, 0.5) is 5.95 Å². The van der Waals surface area contributed by atoms with E-state index >= 15 is 0 Å². The van der Waals surface area contributed by atoms with Crippen molar-refractivity contribution in [1.82, 2.24) is 14.5 Å². The molecule has 0 saturated carbocycles. The standard InChI is InChI=1S/C21H22N4O2/c1-24-20(26)14-19(17-7-9-22-10-8-17)23-21(24)25-11-12-27-15-18(25)13-16-5-3-2-4-6-16/h2-10,14,18H,11-13,15H2,1H3/t18-/m0/s1. The van der Waals surface area contributed by atoms with Crippen LogP contribution in [0.5, 0.6) is 0 Å². The zero-order chi connectivity index (χ0) is 18.6. The lowest BCUT2D eigenvalue weighted by molar-refractivity contribution is 0.0928. The van der Waals surface area contributed by atoms with E-state index in [1.54, 1.807) is 30.1 Å². The fourth-order valence-corrected chi connectivity index (χ4v) is 3.43. The van der Waals surface area contributed by atoms with Crippen LogP contribution in [0.1, 0.15) is 5.56 Å². The summed E-state index contributed by atoms with van der Waals surface area (Å²) in [7, 11) is 1.77. The van der Waals surface area contributed by atoms with Crippen molar-refractivity contribution < 1.29 is 4.74 Å². The van der Waals surface area contributed by atoms with Crippen LogP contribution in [0.2, 0.25) is 0 Å². The van der Waals surface area contributed by atoms with E-state index in [2.05, 4.69) is 22.0 Å². The maximum absolute atomic E-state index is 12.6. The van der Waals surface area contributed by atoms with Gasteiger partial charge in [-0.1, -0.05) is 30.3 Å². The third kappa shape index (κ3) is 3.75. The highest BCUT2D eigenvalue weighted by Crippen LogP contribution is 2.22. The van der Waals surface area contributed by atoms with Gasteiger partial charge in [-0.25, -0.2) is 4.98 Å². The molecule has 27 heavy (non-hydrogen) atoms. The lowest BCUT2D eigenvalue weighted by Crippen LogP contribution is -2.49. The predicted octanol–water partition coefficient (Wildman–Crippen LogP) is 2.29. The second-order valence-corrected chi connectivity index (χ2v) is 6.69. The first-order chi connectivity index (χ1) is 13.2. The topological polar surface area (TPSA) is 60.2 Å². The molecule has 0 spiro atoms. The first-order valence-corrected chi connectivity index (χ1v) is 9.09. The maximum Gasteiger partial charge on any atom is 0.255 e. The Bertz CT molecular complexity index is 957. The number of rotatable bonds is 4. The third-order valence-electron chi connectivity index (χ3n) is 4.89. The Morgan fingerprint density at radius 3 is 2.70 bits per heavy atom. The van der Waals surface area contributed by atoms with Gasteiger partial charge in [-0.2, -0.15) is 0 Å². The molecule has 1 fully saturated rings. The van der Waals surface area contributed by atoms with Gasteiger partial charge in [0.15, 0.2) is 0 Å². The fraction of sp³-hybridized carbons (Fsp3) is 0.286. The van der Waals surface area contributed by atoms with Gasteiger partial charge in [0.2, 0.25) is 5.95 Å². The molecule has 0 radical (unpaired) electrons. The number of ether oxygens (including phenoxy) is 1. The van der Waals surface area contributed by atoms with Crippen molar-refractivity contribution in [2.45, 2.75) is 12.5 Å². The molecule has 138 valence electrons. The van der Waals surface area contributed by atoms with Crippen molar-refractivity contribution in [2.24, 2.45) is 7.05 Å². The van der Waals surface area contributed by atoms with E-state index in [0.717, 1.165) is 12.0 Å². The second kappa shape index (κ2) is 7.72. The molecule has 6 heteroatoms. The average Bonchev–Trinajstić information content (AvgIpc) is 2.72. The normalized spacial score (nSPS) is 17.1. The summed E-state index contributed by atoms with van der Waals surface area (Å²) in [6.07, 6.45) is 4.26. The van der Waals surface area contributed by atoms with Crippen LogP contribution in [0.3, 0.4) is 0 Å². The van der Waals surface area contributed by atoms with Gasteiger partial charge in [-0.15, -0.1) is 0 Å². The summed E-state index contributed by atoms with van der Waals surface area (Å²) in [5, 5.41) is 0. The van der Waals surface area contributed by atoms with Crippen LogP contribution in [-0.2, 0) is 18.2 Å². The molecule has 3 heterocycles. The lowest BCUT2D eigenvalue weighted by atomic mass is 10.0. The second-order valence-electron chi connectivity index (χ2n) is 6.69. The highest BCUT2D eigenvalue weighted by atomic mass is 16.5. The van der Waals surface area contributed by atoms with Crippen molar-refractivity contribution in [2.75, 3.05) is 24.7 Å². The molecule has 0 bridgehead atoms. The monoisotopic (exact) mass is 362 g/mol. The molecule has 0 N–H and O–H groups in total. The smallest absolute Gasteiger partial charge is 0.255 e. The van der Waals surface area contributed by atoms with Gasteiger partial charge in [0, 0.05) is 37.6 Å². The van der Waals surface area contributed by atoms with Gasteiger partial charge in [0.1, 0.15) is 0 Å². The molecular weight excluding hydrogens is 340 g/mol. The minimum atomic E-state index is -0.0724. The quantitative estimate of drug-likeness (QED) is 0.713. The van der Waals surface area contributed by atoms with E-state index < -0.39 is 0 Å². The molecule has 2 aromatic heterocycles. The van der Waals surface area contributed by atoms with Gasteiger partial charge in [0.25, 0.3) is 5.56 Å². The summed E-state index contributed by atoms with van der Waals surface area (Å²) in [6.45, 7) is 1.95. The molecule has 1 aliphatic heterocycles. The Balaban J connectivity index is 1.71. The summed E-state index contributed by atoms with van der Waals surface area (Å²) in [5.41, 5.74) is 2.72. The Labute approximate surface area is 158 Å². The summed E-state index contributed by atoms with van der Waals surface area (Å²) in [5.74, 6) is 0.679. The molecule has 1 aromatic carbocycles. The van der Waals surface area contributed by atoms with Crippen LogP contribution >= 0.6 is 0 Å². The molecule has 3 aromatic rings. The van der Waals surface area contributed by atoms with Crippen molar-refractivity contribution in [3.8, 4) is 11.3 Å². The van der Waals surface area contributed by atoms with E-state index in [0.29, 0.717) is 31.4 Å². The maximum atomic E-state index is 12.6. The van der Waals surface area contributed by atoms with Crippen LogP contribution < -0.4 is 10.5 Å². The Hall–Kier alpha value is -2.99. The molecule has 1 aliphatic rings. The summed E-state index contributed by atoms with van der Waals surface area (Å²) in [4.78, 5) is 23.7. The lowest BCUT2D eigenvalue weighted by Gasteiger charge is -2.37. The van der Waals surface area contributed by atoms with Crippen molar-refractivity contribution in [3.05, 3.63) is 76.8 Å². The van der Waals surface area contributed by atoms with Crippen molar-refractivity contribution in [3.63, 3.8) is 0 Å². The number of nitrogens with zero attached hydrogens (tertiary/aromatic N) is 4. The molecule has 4 rings (SSSR count). The minimum Gasteiger partial charge on any atom is -0.377 e. The van der Waals surface area contributed by atoms with Gasteiger partial charge < -0.3 is 9.64 Å². The number of hydrogen-bond acceptors (Lipinski definition) is 5. The van der Waals surface area contributed by atoms with E-state index in [9.17, 15) is 4.79 Å². The van der Waals surface area contributed by atoms with E-state index in [1.165, 1.54) is 5.56 Å². The van der Waals surface area contributed by atoms with Gasteiger partial charge in [-0.05, 0) is 24.1 Å². The molecule has 0 amide bonds. The Morgan fingerprint density at radius 2 is 1.93 bits per heavy atom. The van der Waals surface area contributed by atoms with E-state index in [-0.39, 0.29) is 11.6 Å². The summed E-state index contributed by atoms with van der Waals surface area (Å²) < 4.78 is 7.34. The average molecular weight is 362 g/mol. The third-order valence-corrected chi connectivity index (χ3v) is 4.89. The van der Waals surface area contributed by atoms with Crippen LogP contribution in [-0.4, -0.2) is 40.3 Å². The molecule has 0 unspecified atom stereocenters. The van der Waals surface area contributed by atoms with Gasteiger partial charge in [0.05, 0.1) is 24.9 Å². The Kier molecular flexibility index (Phi) is 4.98. The van der Waals surface area contributed by atoms with Gasteiger partial charge >= 0.3 is 0 Å². The first-order valence-electron chi connectivity index (χ1n) is 9.09. The van der Waals surface area contributed by atoms with E-state index in [4.69, 9.17) is 9.72 Å². The number of aromatic nitrogens is 3. The summed E-state index contributed by atoms with van der Waals surface area (Å²) >= 11 is 0. The largest absolute Gasteiger partial charge is 0.377 e. The first kappa shape index (κ1) is 17.4. The predicted molar refractivity (Wildman–Crippen MR) is 105 cm³/mol. The van der Waals surface area contributed by atoms with Crippen LogP contribution in [0.15, 0.2) is 65.7 Å². The molecular formula is C21H22N4O2. The highest BCUT2D eigenvalue weighted by Gasteiger charge is 2.27. The number of benzene rings is 1. The zero-order valence-electron chi connectivity index (χ0n) is 15.3. The molecule has 6 nitrogen and oxygen atoms in total. The number of pyridine rings is 1. The molecule has 0 aliphatic carbocycles. The number of hydrogen-bond donors (Lipinski definition) is 0. The number of morpholine rings is 1. The van der Waals surface area contributed by atoms with Crippen LogP contribution in [0.25, 0.3) is 11.3 Å². The van der Waals surface area contributed by atoms with Crippen LogP contribution in [0, 0.1) is 0 Å². The Morgan fingerprint density at radius 1 is 1.15 bits per heavy atom. The van der Waals surface area contributed by atoms with Crippen molar-refractivity contribution in [1.29, 1.82) is 0 Å². The van der Waals surface area contributed by atoms with Crippen molar-refractivity contribution >= 4 is 5.95 Å². The van der Waals surface area contributed by atoms with E-state index in [1.807, 2.05) is 30.3 Å². The highest BCUT2D eigenvalue weighted by molar-refractivity contribution is 5.59. The summed E-state index contributed by atoms with van der Waals surface area (Å²) in [6, 6.07) is 15.8. The minimum absolute atomic E-state index is 0.0724. The molecule has 1 saturated heterocycles. The fourth-order valence-electron chi connectivity index (χ4n) is 3.43. The number of anilines is 1.